The van der Waals surface area contributed by atoms with E-state index in [9.17, 15) is 9.59 Å². The molecule has 2 rings (SSSR count). The number of rotatable bonds is 9. The van der Waals surface area contributed by atoms with E-state index in [0.29, 0.717) is 24.6 Å². The van der Waals surface area contributed by atoms with Gasteiger partial charge in [-0.3, -0.25) is 9.59 Å². The van der Waals surface area contributed by atoms with Crippen molar-refractivity contribution in [1.29, 1.82) is 0 Å². The highest BCUT2D eigenvalue weighted by Crippen LogP contribution is 2.40. The van der Waals surface area contributed by atoms with Gasteiger partial charge in [0.15, 0.2) is 5.69 Å². The number of carbonyl (C=O) groups excluding carboxylic acids is 2. The lowest BCUT2D eigenvalue weighted by atomic mass is 9.82. The standard InChI is InChI=1S/C18H30N4O3/c1-5-15(18(3,4)10-20-16(23)8-11(2)19)21-17(24)13-9-14(25-22-13)12-6-7-12/h9,11-12,15H,5-8,10,19H2,1-4H3,(H,20,23)(H,21,24)/t11-,15?/m1/s1. The molecule has 2 amide bonds. The maximum Gasteiger partial charge on any atom is 0.273 e. The fourth-order valence-corrected chi connectivity index (χ4v) is 2.85. The van der Waals surface area contributed by atoms with Gasteiger partial charge in [0.25, 0.3) is 5.91 Å². The molecular weight excluding hydrogens is 320 g/mol. The van der Waals surface area contributed by atoms with E-state index in [4.69, 9.17) is 10.3 Å². The average Bonchev–Trinajstić information content (AvgIpc) is 3.26. The van der Waals surface area contributed by atoms with Crippen molar-refractivity contribution in [3.05, 3.63) is 17.5 Å². The van der Waals surface area contributed by atoms with Gasteiger partial charge in [-0.15, -0.1) is 0 Å². The highest BCUT2D eigenvalue weighted by atomic mass is 16.5. The number of amides is 2. The molecule has 1 fully saturated rings. The third kappa shape index (κ3) is 5.56. The quantitative estimate of drug-likeness (QED) is 0.630. The number of carbonyl (C=O) groups is 2. The van der Waals surface area contributed by atoms with Crippen molar-refractivity contribution in [2.75, 3.05) is 6.54 Å². The van der Waals surface area contributed by atoms with Gasteiger partial charge >= 0.3 is 0 Å². The summed E-state index contributed by atoms with van der Waals surface area (Å²) in [6, 6.07) is 1.46. The minimum absolute atomic E-state index is 0.0742. The fraction of sp³-hybridized carbons (Fsp3) is 0.722. The van der Waals surface area contributed by atoms with Crippen LogP contribution in [0.1, 0.15) is 75.5 Å². The zero-order valence-corrected chi connectivity index (χ0v) is 15.6. The smallest absolute Gasteiger partial charge is 0.273 e. The summed E-state index contributed by atoms with van der Waals surface area (Å²) in [7, 11) is 0. The highest BCUT2D eigenvalue weighted by molar-refractivity contribution is 5.92. The lowest BCUT2D eigenvalue weighted by Gasteiger charge is -2.34. The van der Waals surface area contributed by atoms with Gasteiger partial charge in [-0.1, -0.05) is 25.9 Å². The molecular formula is C18H30N4O3. The van der Waals surface area contributed by atoms with Crippen LogP contribution >= 0.6 is 0 Å². The molecule has 0 radical (unpaired) electrons. The molecule has 7 nitrogen and oxygen atoms in total. The van der Waals surface area contributed by atoms with Crippen LogP contribution in [0.3, 0.4) is 0 Å². The molecule has 1 aliphatic carbocycles. The largest absolute Gasteiger partial charge is 0.360 e. The summed E-state index contributed by atoms with van der Waals surface area (Å²) in [5.74, 6) is 0.903. The maximum absolute atomic E-state index is 12.5. The molecule has 0 bridgehead atoms. The van der Waals surface area contributed by atoms with E-state index in [2.05, 4.69) is 15.8 Å². The van der Waals surface area contributed by atoms with Crippen molar-refractivity contribution in [3.63, 3.8) is 0 Å². The van der Waals surface area contributed by atoms with Crippen LogP contribution in [0.4, 0.5) is 0 Å². The van der Waals surface area contributed by atoms with E-state index in [-0.39, 0.29) is 29.3 Å². The molecule has 1 aliphatic rings. The summed E-state index contributed by atoms with van der Waals surface area (Å²) in [6.45, 7) is 8.31. The number of nitrogens with two attached hydrogens (primary N) is 1. The Balaban J connectivity index is 1.91. The normalized spacial score (nSPS) is 17.0. The van der Waals surface area contributed by atoms with Crippen molar-refractivity contribution >= 4 is 11.8 Å². The van der Waals surface area contributed by atoms with Crippen molar-refractivity contribution in [2.45, 2.75) is 71.4 Å². The Labute approximate surface area is 149 Å². The van der Waals surface area contributed by atoms with Crippen LogP contribution < -0.4 is 16.4 Å². The first-order valence-electron chi connectivity index (χ1n) is 9.02. The molecule has 0 aromatic carbocycles. The van der Waals surface area contributed by atoms with Crippen LogP contribution in [-0.2, 0) is 4.79 Å². The number of aromatic nitrogens is 1. The van der Waals surface area contributed by atoms with E-state index in [1.54, 1.807) is 13.0 Å². The molecule has 0 aliphatic heterocycles. The summed E-state index contributed by atoms with van der Waals surface area (Å²) in [6.07, 6.45) is 3.24. The molecule has 1 unspecified atom stereocenters. The van der Waals surface area contributed by atoms with Crippen molar-refractivity contribution < 1.29 is 14.1 Å². The third-order valence-corrected chi connectivity index (χ3v) is 4.65. The molecule has 140 valence electrons. The molecule has 0 saturated heterocycles. The van der Waals surface area contributed by atoms with Crippen LogP contribution in [0, 0.1) is 5.41 Å². The second kappa shape index (κ2) is 7.99. The van der Waals surface area contributed by atoms with E-state index in [1.807, 2.05) is 20.8 Å². The Morgan fingerprint density at radius 3 is 2.68 bits per heavy atom. The monoisotopic (exact) mass is 350 g/mol. The van der Waals surface area contributed by atoms with Gasteiger partial charge in [-0.05, 0) is 26.2 Å². The molecule has 1 aromatic rings. The minimum atomic E-state index is -0.305. The first kappa shape index (κ1) is 19.4. The van der Waals surface area contributed by atoms with Gasteiger partial charge in [0.1, 0.15) is 5.76 Å². The lowest BCUT2D eigenvalue weighted by molar-refractivity contribution is -0.121. The second-order valence-corrected chi connectivity index (χ2v) is 7.77. The van der Waals surface area contributed by atoms with E-state index in [0.717, 1.165) is 25.0 Å². The van der Waals surface area contributed by atoms with E-state index in [1.165, 1.54) is 0 Å². The predicted octanol–water partition coefficient (Wildman–Crippen LogP) is 1.94. The Hall–Kier alpha value is -1.89. The van der Waals surface area contributed by atoms with Crippen LogP contribution in [0.5, 0.6) is 0 Å². The van der Waals surface area contributed by atoms with Crippen LogP contribution in [0.25, 0.3) is 0 Å². The van der Waals surface area contributed by atoms with Crippen molar-refractivity contribution in [2.24, 2.45) is 11.1 Å². The van der Waals surface area contributed by atoms with Crippen molar-refractivity contribution in [1.82, 2.24) is 15.8 Å². The topological polar surface area (TPSA) is 110 Å². The molecule has 1 saturated carbocycles. The average molecular weight is 350 g/mol. The molecule has 2 atom stereocenters. The van der Waals surface area contributed by atoms with Crippen molar-refractivity contribution in [3.8, 4) is 0 Å². The predicted molar refractivity (Wildman–Crippen MR) is 95.1 cm³/mol. The number of nitrogens with zero attached hydrogens (tertiary/aromatic N) is 1. The summed E-state index contributed by atoms with van der Waals surface area (Å²) < 4.78 is 5.25. The summed E-state index contributed by atoms with van der Waals surface area (Å²) in [4.78, 5) is 24.3. The number of hydrogen-bond acceptors (Lipinski definition) is 5. The Morgan fingerprint density at radius 2 is 2.12 bits per heavy atom. The van der Waals surface area contributed by atoms with Crippen LogP contribution in [0.2, 0.25) is 0 Å². The zero-order valence-electron chi connectivity index (χ0n) is 15.6. The third-order valence-electron chi connectivity index (χ3n) is 4.65. The Morgan fingerprint density at radius 1 is 1.44 bits per heavy atom. The summed E-state index contributed by atoms with van der Waals surface area (Å²) in [5.41, 5.74) is 5.66. The lowest BCUT2D eigenvalue weighted by Crippen LogP contribution is -2.50. The van der Waals surface area contributed by atoms with E-state index < -0.39 is 0 Å². The summed E-state index contributed by atoms with van der Waals surface area (Å²) in [5, 5.41) is 9.81. The van der Waals surface area contributed by atoms with E-state index >= 15 is 0 Å². The Bertz CT molecular complexity index is 605. The van der Waals surface area contributed by atoms with Gasteiger partial charge in [0.2, 0.25) is 5.91 Å². The van der Waals surface area contributed by atoms with Gasteiger partial charge in [-0.2, -0.15) is 0 Å². The zero-order chi connectivity index (χ0) is 18.6. The number of hydrogen-bond donors (Lipinski definition) is 3. The first-order chi connectivity index (χ1) is 11.7. The van der Waals surface area contributed by atoms with Gasteiger partial charge in [0.05, 0.1) is 0 Å². The highest BCUT2D eigenvalue weighted by Gasteiger charge is 2.32. The Kier molecular flexibility index (Phi) is 6.21. The SMILES string of the molecule is CCC(NC(=O)c1cc(C2CC2)on1)C(C)(C)CNC(=O)C[C@@H](C)N. The molecule has 1 aromatic heterocycles. The molecule has 4 N–H and O–H groups in total. The minimum Gasteiger partial charge on any atom is -0.360 e. The number of nitrogens with one attached hydrogen (secondary N) is 2. The maximum atomic E-state index is 12.5. The first-order valence-corrected chi connectivity index (χ1v) is 9.02. The van der Waals surface area contributed by atoms with Gasteiger partial charge < -0.3 is 20.9 Å². The molecule has 25 heavy (non-hydrogen) atoms. The van der Waals surface area contributed by atoms with Crippen LogP contribution in [0.15, 0.2) is 10.6 Å². The van der Waals surface area contributed by atoms with Crippen LogP contribution in [-0.4, -0.2) is 35.6 Å². The molecule has 7 heteroatoms. The van der Waals surface area contributed by atoms with Gasteiger partial charge in [0, 0.05) is 42.4 Å². The van der Waals surface area contributed by atoms with Gasteiger partial charge in [-0.25, -0.2) is 0 Å². The second-order valence-electron chi connectivity index (χ2n) is 7.77. The fourth-order valence-electron chi connectivity index (χ4n) is 2.85. The molecule has 0 spiro atoms. The summed E-state index contributed by atoms with van der Waals surface area (Å²) >= 11 is 0. The molecule has 1 heterocycles.